The van der Waals surface area contributed by atoms with Crippen LogP contribution in [0, 0.1) is 0 Å². The van der Waals surface area contributed by atoms with E-state index in [2.05, 4.69) is 15.1 Å². The minimum absolute atomic E-state index is 0.120. The van der Waals surface area contributed by atoms with Gasteiger partial charge in [-0.05, 0) is 47.0 Å². The molecular formula is C17H24N6O2S. The topological polar surface area (TPSA) is 85.4 Å². The molecule has 2 rings (SSSR count). The molecule has 26 heavy (non-hydrogen) atoms. The van der Waals surface area contributed by atoms with Crippen LogP contribution in [0.3, 0.4) is 0 Å². The van der Waals surface area contributed by atoms with Crippen LogP contribution in [0.1, 0.15) is 40.7 Å². The maximum absolute atomic E-state index is 12.9. The Morgan fingerprint density at radius 3 is 2.54 bits per heavy atom. The van der Waals surface area contributed by atoms with Crippen molar-refractivity contribution in [3.8, 4) is 0 Å². The average molecular weight is 376 g/mol. The van der Waals surface area contributed by atoms with Crippen LogP contribution in [0.25, 0.3) is 11.0 Å². The minimum Gasteiger partial charge on any atom is -0.277 e. The molecule has 1 amide bonds. The van der Waals surface area contributed by atoms with Gasteiger partial charge >= 0.3 is 0 Å². The molecule has 2 heterocycles. The summed E-state index contributed by atoms with van der Waals surface area (Å²) in [6.45, 7) is 9.40. The lowest BCUT2D eigenvalue weighted by Gasteiger charge is -2.20. The maximum atomic E-state index is 12.9. The van der Waals surface area contributed by atoms with E-state index in [0.29, 0.717) is 28.4 Å². The van der Waals surface area contributed by atoms with Gasteiger partial charge in [-0.25, -0.2) is 24.3 Å². The van der Waals surface area contributed by atoms with Crippen molar-refractivity contribution in [1.82, 2.24) is 24.3 Å². The summed E-state index contributed by atoms with van der Waals surface area (Å²) in [5.74, 6) is 0.430. The number of amides is 1. The number of carbonyl (C=O) groups is 1. The predicted octanol–water partition coefficient (Wildman–Crippen LogP) is 2.50. The van der Waals surface area contributed by atoms with Gasteiger partial charge in [0.15, 0.2) is 16.6 Å². The molecule has 8 nitrogen and oxygen atoms in total. The molecule has 2 aromatic heterocycles. The van der Waals surface area contributed by atoms with E-state index in [1.807, 2.05) is 40.9 Å². The number of allylic oxidation sites excluding steroid dienone is 2. The number of hydrazone groups is 1. The lowest BCUT2D eigenvalue weighted by molar-refractivity contribution is -0.119. The third kappa shape index (κ3) is 3.72. The summed E-state index contributed by atoms with van der Waals surface area (Å²) in [5.41, 5.74) is 0.275. The first-order valence-corrected chi connectivity index (χ1v) is 9.57. The average Bonchev–Trinajstić information content (AvgIpc) is 2.90. The molecular weight excluding hydrogens is 352 g/mol. The molecule has 0 N–H and O–H groups in total. The van der Waals surface area contributed by atoms with Gasteiger partial charge in [0.05, 0.1) is 0 Å². The number of rotatable bonds is 6. The van der Waals surface area contributed by atoms with Gasteiger partial charge in [0.1, 0.15) is 5.39 Å². The van der Waals surface area contributed by atoms with Gasteiger partial charge in [0.2, 0.25) is 6.41 Å². The molecule has 0 spiro atoms. The number of carbonyl (C=O) groups excluding carboxylic acids is 1. The number of fused-ring (bicyclic) bond motifs is 1. The van der Waals surface area contributed by atoms with Crippen LogP contribution in [0.2, 0.25) is 0 Å². The number of nitrogens with zero attached hydrogens (tertiary/aromatic N) is 6. The highest BCUT2D eigenvalue weighted by molar-refractivity contribution is 7.98. The smallest absolute Gasteiger partial charge is 0.277 e. The van der Waals surface area contributed by atoms with Crippen LogP contribution >= 0.6 is 11.8 Å². The molecule has 140 valence electrons. The third-order valence-corrected chi connectivity index (χ3v) is 4.22. The number of hydrogen-bond donors (Lipinski definition) is 0. The molecule has 0 radical (unpaired) electrons. The molecule has 2 aromatic rings. The van der Waals surface area contributed by atoms with Crippen molar-refractivity contribution in [2.45, 2.75) is 51.9 Å². The van der Waals surface area contributed by atoms with E-state index in [1.54, 1.807) is 27.7 Å². The molecule has 0 saturated carbocycles. The summed E-state index contributed by atoms with van der Waals surface area (Å²) in [4.78, 5) is 33.0. The second-order valence-corrected chi connectivity index (χ2v) is 6.96. The number of thioether (sulfide) groups is 1. The summed E-state index contributed by atoms with van der Waals surface area (Å²) >= 11 is 1.39. The molecule has 0 aliphatic carbocycles. The van der Waals surface area contributed by atoms with Gasteiger partial charge in [-0.15, -0.1) is 0 Å². The third-order valence-electron chi connectivity index (χ3n) is 3.66. The van der Waals surface area contributed by atoms with Crippen molar-refractivity contribution >= 4 is 35.0 Å². The standard InChI is InChI=1S/C17H24N6O2S/c1-7-8-14(20-21(10-24)11(2)3)23-15-13(9-18-17(19-15)26-6)16(25)22(23)12(4)5/h7-12H,1-6H3/b8-7-,20-14+. The van der Waals surface area contributed by atoms with Crippen molar-refractivity contribution in [1.29, 1.82) is 0 Å². The van der Waals surface area contributed by atoms with E-state index in [4.69, 9.17) is 0 Å². The van der Waals surface area contributed by atoms with E-state index < -0.39 is 0 Å². The summed E-state index contributed by atoms with van der Waals surface area (Å²) in [5, 5.41) is 6.73. The first-order chi connectivity index (χ1) is 12.3. The van der Waals surface area contributed by atoms with Gasteiger partial charge in [-0.3, -0.25) is 9.59 Å². The lowest BCUT2D eigenvalue weighted by Crippen LogP contribution is -2.32. The first-order valence-electron chi connectivity index (χ1n) is 8.35. The zero-order chi connectivity index (χ0) is 19.4. The number of hydrogen-bond acceptors (Lipinski definition) is 6. The van der Waals surface area contributed by atoms with E-state index in [9.17, 15) is 9.59 Å². The van der Waals surface area contributed by atoms with Crippen molar-refractivity contribution in [3.63, 3.8) is 0 Å². The second kappa shape index (κ2) is 8.31. The van der Waals surface area contributed by atoms with E-state index in [1.165, 1.54) is 16.8 Å². The highest BCUT2D eigenvalue weighted by atomic mass is 32.2. The van der Waals surface area contributed by atoms with Crippen LogP contribution in [0.15, 0.2) is 33.4 Å². The van der Waals surface area contributed by atoms with Gasteiger partial charge < -0.3 is 0 Å². The zero-order valence-electron chi connectivity index (χ0n) is 15.9. The molecule has 0 saturated heterocycles. The lowest BCUT2D eigenvalue weighted by atomic mass is 10.4. The Morgan fingerprint density at radius 2 is 2.04 bits per heavy atom. The van der Waals surface area contributed by atoms with Crippen LogP contribution < -0.4 is 5.56 Å². The molecule has 9 heteroatoms. The highest BCUT2D eigenvalue weighted by Gasteiger charge is 2.21. The molecule has 0 atom stereocenters. The Balaban J connectivity index is 2.90. The SMILES string of the molecule is C/C=C\C(=N/N(C=O)C(C)C)n1c2nc(SC)ncc2c(=O)n1C(C)C. The van der Waals surface area contributed by atoms with Gasteiger partial charge in [-0.2, -0.15) is 5.10 Å². The first kappa shape index (κ1) is 19.9. The van der Waals surface area contributed by atoms with Crippen LogP contribution in [-0.4, -0.2) is 48.9 Å². The Labute approximate surface area is 156 Å². The molecule has 0 fully saturated rings. The quantitative estimate of drug-likeness (QED) is 0.193. The van der Waals surface area contributed by atoms with Crippen molar-refractivity contribution < 1.29 is 4.79 Å². The van der Waals surface area contributed by atoms with Crippen molar-refractivity contribution in [2.75, 3.05) is 6.26 Å². The maximum Gasteiger partial charge on any atom is 0.278 e. The molecule has 0 unspecified atom stereocenters. The molecule has 0 aliphatic rings. The summed E-state index contributed by atoms with van der Waals surface area (Å²) in [6.07, 6.45) is 7.63. The molecule has 0 aromatic carbocycles. The zero-order valence-corrected chi connectivity index (χ0v) is 16.7. The van der Waals surface area contributed by atoms with Crippen LogP contribution in [0.4, 0.5) is 0 Å². The Morgan fingerprint density at radius 1 is 1.35 bits per heavy atom. The Kier molecular flexibility index (Phi) is 6.36. The van der Waals surface area contributed by atoms with Crippen molar-refractivity contribution in [2.24, 2.45) is 5.10 Å². The predicted molar refractivity (Wildman–Crippen MR) is 105 cm³/mol. The van der Waals surface area contributed by atoms with Crippen molar-refractivity contribution in [3.05, 3.63) is 28.7 Å². The minimum atomic E-state index is -0.193. The Bertz CT molecular complexity index is 910. The normalized spacial score (nSPS) is 12.7. The highest BCUT2D eigenvalue weighted by Crippen LogP contribution is 2.17. The van der Waals surface area contributed by atoms with Gasteiger partial charge in [0, 0.05) is 18.3 Å². The second-order valence-electron chi connectivity index (χ2n) is 6.19. The summed E-state index contributed by atoms with van der Waals surface area (Å²) in [7, 11) is 0. The molecule has 0 aliphatic heterocycles. The summed E-state index contributed by atoms with van der Waals surface area (Å²) < 4.78 is 3.23. The summed E-state index contributed by atoms with van der Waals surface area (Å²) in [6, 6.07) is -0.251. The van der Waals surface area contributed by atoms with E-state index in [0.717, 1.165) is 0 Å². The number of aromatic nitrogens is 4. The van der Waals surface area contributed by atoms with E-state index >= 15 is 0 Å². The fourth-order valence-corrected chi connectivity index (χ4v) is 2.78. The largest absolute Gasteiger partial charge is 0.278 e. The van der Waals surface area contributed by atoms with Gasteiger partial charge in [0.25, 0.3) is 5.56 Å². The van der Waals surface area contributed by atoms with Crippen LogP contribution in [0.5, 0.6) is 0 Å². The molecule has 0 bridgehead atoms. The Hall–Kier alpha value is -2.42. The monoisotopic (exact) mass is 376 g/mol. The fraction of sp³-hybridized carbons (Fsp3) is 0.471. The van der Waals surface area contributed by atoms with Gasteiger partial charge in [-0.1, -0.05) is 17.8 Å². The fourth-order valence-electron chi connectivity index (χ4n) is 2.44. The van der Waals surface area contributed by atoms with E-state index in [-0.39, 0.29) is 17.6 Å². The van der Waals surface area contributed by atoms with Crippen LogP contribution in [-0.2, 0) is 4.79 Å².